The minimum atomic E-state index is -1.71. The van der Waals surface area contributed by atoms with E-state index in [9.17, 15) is 59.5 Å². The fourth-order valence-electron chi connectivity index (χ4n) is 4.89. The predicted molar refractivity (Wildman–Crippen MR) is 440 cm³/mol. The van der Waals surface area contributed by atoms with Gasteiger partial charge in [0, 0.05) is 6.07 Å². The summed E-state index contributed by atoms with van der Waals surface area (Å²) in [6.45, 7) is 13.2. The molecule has 0 radical (unpaired) electrons. The van der Waals surface area contributed by atoms with Gasteiger partial charge in [-0.25, -0.2) is 71.8 Å². The number of carbonyl (C=O) groups is 6. The number of nitrogens with two attached hydrogens (primary N) is 3. The second-order valence-electron chi connectivity index (χ2n) is 17.0. The number of carbonyl (C=O) groups excluding carboxylic acids is 6. The number of hydrogen-bond acceptors (Lipinski definition) is 21. The number of esters is 6. The van der Waals surface area contributed by atoms with Gasteiger partial charge in [0.2, 0.25) is 11.6 Å². The van der Waals surface area contributed by atoms with Crippen molar-refractivity contribution in [2.45, 2.75) is 94.7 Å². The third-order valence-electron chi connectivity index (χ3n) is 8.45. The van der Waals surface area contributed by atoms with Gasteiger partial charge in [-0.3, -0.25) is 0 Å². The van der Waals surface area contributed by atoms with E-state index in [2.05, 4.69) is 212 Å². The van der Waals surface area contributed by atoms with Crippen LogP contribution in [0.4, 0.5) is 47.8 Å². The van der Waals surface area contributed by atoms with Gasteiger partial charge in [-0.2, -0.15) is 17.6 Å². The summed E-state index contributed by atoms with van der Waals surface area (Å²) >= 11 is 63.5. The summed E-state index contributed by atoms with van der Waals surface area (Å²) in [4.78, 5) is 89.2. The molecule has 0 bridgehead atoms. The average molecular weight is 2560 g/mol. The Balaban J connectivity index is -0.000000256. The van der Waals surface area contributed by atoms with Crippen molar-refractivity contribution in [1.29, 1.82) is 0 Å². The normalized spacial score (nSPS) is 9.59. The molecular weight excluding hydrogens is 2500 g/mol. The summed E-state index contributed by atoms with van der Waals surface area (Å²) in [7, 11) is 3.04. The number of pyridine rings is 6. The molecule has 0 aliphatic rings. The molecule has 0 aromatic carbocycles. The Morgan fingerprint density at radius 1 is 0.430 bits per heavy atom. The van der Waals surface area contributed by atoms with E-state index in [1.165, 1.54) is 28.8 Å². The van der Waals surface area contributed by atoms with Gasteiger partial charge >= 0.3 is 150 Å². The van der Waals surface area contributed by atoms with Crippen LogP contribution < -0.4 is 17.2 Å². The van der Waals surface area contributed by atoms with E-state index in [-0.39, 0.29) is 108 Å². The molecule has 0 fully saturated rings. The molecule has 0 saturated carbocycles. The van der Waals surface area contributed by atoms with Crippen molar-refractivity contribution < 1.29 is 102 Å². The topological polar surface area (TPSA) is 313 Å². The Morgan fingerprint density at radius 3 is 0.870 bits per heavy atom. The number of hydrogen-bond donors (Lipinski definition) is 3. The first-order valence-electron chi connectivity index (χ1n) is 24.9. The van der Waals surface area contributed by atoms with Gasteiger partial charge in [0.05, 0.1) is 78.2 Å². The SMILES string of the molecule is C.C.CC(C)OC(=O)c1cc(Cl)c(Cl)c(Cl)n1.CC(C)OC(=O)c1cc(F)c(F)c(F)n1.CC(C)OC(=O)c1cc(N)c(F)c(Cl)n1.CC(C)OC(=O)c1cc(N)c(F)c(F)n1.CI.COC(=O)c1cc(Cl)c(Cl)c(Cl)n1.COC(=O)c1cc(N)c(F)c(Cl)n1.ICI.[I][V]([I])[I].[I][V][I]. The van der Waals surface area contributed by atoms with Gasteiger partial charge in [0.1, 0.15) is 10.3 Å². The third-order valence-corrected chi connectivity index (χ3v) is 11.2. The Kier molecular flexibility index (Phi) is 67.4. The molecule has 21 nitrogen and oxygen atoms in total. The van der Waals surface area contributed by atoms with Crippen molar-refractivity contribution in [3.05, 3.63) is 152 Å². The van der Waals surface area contributed by atoms with Gasteiger partial charge < -0.3 is 45.6 Å². The zero-order valence-corrected chi connectivity index (χ0v) is 77.5. The summed E-state index contributed by atoms with van der Waals surface area (Å²) in [5.41, 5.74) is 13.6. The number of alkyl halides is 3. The van der Waals surface area contributed by atoms with E-state index < -0.39 is 105 Å². The van der Waals surface area contributed by atoms with Gasteiger partial charge in [-0.15, -0.1) is 0 Å². The summed E-state index contributed by atoms with van der Waals surface area (Å²) in [6, 6.07) is 6.19. The van der Waals surface area contributed by atoms with E-state index in [0.29, 0.717) is 15.5 Å². The zero-order valence-electron chi connectivity index (χ0n) is 51.4. The number of nitrogens with zero attached hydrogens (tertiary/aromatic N) is 6. The maximum atomic E-state index is 13.0. The van der Waals surface area contributed by atoms with Crippen LogP contribution in [-0.4, -0.2) is 112 Å². The molecule has 6 N–H and O–H groups in total. The van der Waals surface area contributed by atoms with E-state index in [1.54, 1.807) is 55.4 Å². The summed E-state index contributed by atoms with van der Waals surface area (Å²) in [5, 5.41) is -0.328. The maximum absolute atomic E-state index is 13.0. The standard InChI is InChI=1S/C9H8Cl3NO2.C9H10ClFN2O2.C9H8F3NO2.C9H10F2N2O2.C7H4Cl3NO2.C7H6ClFN2O2.CH2I2.CH3I.2CH4.5HI.2V/c1-4(2)15-9(14)6-3-5(10)7(11)8(12)13-6;1-4(2)15-9(14)6-3-5(12)7(11)8(10)13-6;1-4(2)15-9(14)6-3-5(10)7(11)8(12)13-6;1-4(2)15-9(14)6-3-5(12)7(10)8(11)13-6;1-13-7(12)4-2-3(8)5(9)6(10)11-4;1-13-7(12)4-2-3(10)5(9)6(8)11-4;2-1-3;1-2;;;;;;;;;/h3-4H,1-2H3;3-4H,1-2H3,(H2,12,13);3-4H,1-2H3;3-4H,1-2H3,(H2,12,13);2H,1H3;2H,1H3,(H2,10,11);1H2;1H3;2*1H4;5*1H;;/q;;;;;;;;;;;;;;;+2;+3/p-5. The van der Waals surface area contributed by atoms with Crippen LogP contribution in [0.25, 0.3) is 0 Å². The van der Waals surface area contributed by atoms with Crippen molar-refractivity contribution in [3.8, 4) is 0 Å². The monoisotopic (exact) mass is 2560 g/mol. The first-order chi connectivity index (χ1) is 45.3. The van der Waals surface area contributed by atoms with E-state index in [0.717, 1.165) is 18.2 Å². The average Bonchev–Trinajstić information content (AvgIpc) is 0.897. The van der Waals surface area contributed by atoms with E-state index in [1.807, 2.05) is 4.93 Å². The molecule has 0 unspecified atom stereocenters. The second-order valence-corrected chi connectivity index (χ2v) is 71.6. The van der Waals surface area contributed by atoms with Crippen LogP contribution in [0.2, 0.25) is 40.7 Å². The fraction of sp³-hybridized carbons (Fsp3) is 0.333. The summed E-state index contributed by atoms with van der Waals surface area (Å²) in [5.74, 6) is -13.6. The minimum absolute atomic E-state index is 0. The fourth-order valence-corrected chi connectivity index (χ4v) is 6.35. The number of methoxy groups -OCH3 is 2. The second kappa shape index (κ2) is 60.8. The van der Waals surface area contributed by atoms with E-state index >= 15 is 0 Å². The van der Waals surface area contributed by atoms with Crippen LogP contribution in [0.1, 0.15) is 133 Å². The molecule has 6 aromatic rings. The van der Waals surface area contributed by atoms with Crippen LogP contribution in [0.3, 0.4) is 0 Å². The van der Waals surface area contributed by atoms with Crippen molar-refractivity contribution >= 4 is 313 Å². The Morgan fingerprint density at radius 2 is 0.640 bits per heavy atom. The number of ether oxygens (including phenoxy) is 6. The summed E-state index contributed by atoms with van der Waals surface area (Å²) < 4.78 is 118. The predicted octanol–water partition coefficient (Wildman–Crippen LogP) is 21.8. The molecule has 100 heavy (non-hydrogen) atoms. The molecule has 0 aliphatic carbocycles. The molecule has 0 amide bonds. The number of anilines is 3. The first kappa shape index (κ1) is 111. The Labute approximate surface area is 720 Å². The third kappa shape index (κ3) is 47.0. The molecule has 563 valence electrons. The number of rotatable bonds is 10. The van der Waals surface area contributed by atoms with Crippen molar-refractivity contribution in [2.24, 2.45) is 0 Å². The van der Waals surface area contributed by atoms with Crippen LogP contribution >= 0.6 is 260 Å². The van der Waals surface area contributed by atoms with Gasteiger partial charge in [-0.1, -0.05) is 175 Å². The van der Waals surface area contributed by atoms with Gasteiger partial charge in [-0.05, 0) is 90.7 Å². The van der Waals surface area contributed by atoms with Crippen LogP contribution in [0.15, 0.2) is 36.4 Å². The molecule has 0 spiro atoms. The molecule has 46 heteroatoms. The molecule has 6 aromatic heterocycles. The van der Waals surface area contributed by atoms with Crippen LogP contribution in [0, 0.1) is 41.0 Å². The first-order valence-corrected chi connectivity index (χ1v) is 55.7. The summed E-state index contributed by atoms with van der Waals surface area (Å²) in [6.07, 6.45) is -1.33. The number of halogens is 23. The van der Waals surface area contributed by atoms with Crippen molar-refractivity contribution in [1.82, 2.24) is 29.9 Å². The van der Waals surface area contributed by atoms with Crippen LogP contribution in [0.5, 0.6) is 0 Å². The van der Waals surface area contributed by atoms with Gasteiger partial charge in [0.25, 0.3) is 11.9 Å². The Hall–Kier alpha value is -0.0412. The van der Waals surface area contributed by atoms with Gasteiger partial charge in [0.15, 0.2) is 61.9 Å². The van der Waals surface area contributed by atoms with Crippen molar-refractivity contribution in [3.63, 3.8) is 0 Å². The molecule has 0 aliphatic heterocycles. The van der Waals surface area contributed by atoms with Crippen molar-refractivity contribution in [2.75, 3.05) is 38.8 Å². The molecule has 6 heterocycles. The Bertz CT molecular complexity index is 3070. The zero-order chi connectivity index (χ0) is 77.3. The molecule has 0 atom stereocenters. The quantitative estimate of drug-likeness (QED) is 0.0286. The van der Waals surface area contributed by atoms with E-state index in [4.69, 9.17) is 124 Å². The number of nitrogen functional groups attached to an aromatic ring is 3. The molecule has 6 rings (SSSR count). The van der Waals surface area contributed by atoms with Crippen LogP contribution in [-0.2, 0) is 42.8 Å². The number of aromatic nitrogens is 6. The molecule has 0 saturated heterocycles. The molecular formula is C54H59Cl8F7I8N9O12V2.